The van der Waals surface area contributed by atoms with Gasteiger partial charge in [0.15, 0.2) is 0 Å². The topological polar surface area (TPSA) is 70.7 Å². The minimum absolute atomic E-state index is 0.282. The van der Waals surface area contributed by atoms with Crippen molar-refractivity contribution in [1.82, 2.24) is 10.4 Å². The summed E-state index contributed by atoms with van der Waals surface area (Å²) in [6.45, 7) is 4.38. The van der Waals surface area contributed by atoms with Crippen LogP contribution in [0.15, 0.2) is 60.3 Å². The van der Waals surface area contributed by atoms with E-state index < -0.39 is 11.9 Å². The normalized spacial score (nSPS) is 17.8. The first-order valence-corrected chi connectivity index (χ1v) is 10.2. The lowest BCUT2D eigenvalue weighted by Gasteiger charge is -2.36. The molecule has 0 spiro atoms. The molecule has 6 nitrogen and oxygen atoms in total. The Balaban J connectivity index is 1.69. The predicted molar refractivity (Wildman–Crippen MR) is 115 cm³/mol. The van der Waals surface area contributed by atoms with Crippen LogP contribution in [0.25, 0.3) is 0 Å². The lowest BCUT2D eigenvalue weighted by molar-refractivity contribution is -0.136. The minimum atomic E-state index is -0.834. The molecule has 0 saturated carbocycles. The van der Waals surface area contributed by atoms with Crippen molar-refractivity contribution in [3.63, 3.8) is 0 Å². The summed E-state index contributed by atoms with van der Waals surface area (Å²) in [4.78, 5) is 33.4. The second-order valence-electron chi connectivity index (χ2n) is 7.74. The Morgan fingerprint density at radius 1 is 1.19 bits per heavy atom. The van der Waals surface area contributed by atoms with Crippen LogP contribution in [0.1, 0.15) is 28.3 Å². The Labute approximate surface area is 180 Å². The number of anilines is 1. The maximum absolute atomic E-state index is 14.0. The van der Waals surface area contributed by atoms with E-state index in [1.165, 1.54) is 12.3 Å². The quantitative estimate of drug-likeness (QED) is 0.796. The smallest absolute Gasteiger partial charge is 0.256 e. The summed E-state index contributed by atoms with van der Waals surface area (Å²) in [5.74, 6) is -1.07. The fraction of sp³-hybridized carbons (Fsp3) is 0.250. The molecule has 2 aliphatic heterocycles. The van der Waals surface area contributed by atoms with E-state index >= 15 is 0 Å². The summed E-state index contributed by atoms with van der Waals surface area (Å²) in [5, 5.41) is 2.78. The largest absolute Gasteiger partial charge is 0.324 e. The summed E-state index contributed by atoms with van der Waals surface area (Å²) in [6, 6.07) is 9.58. The zero-order chi connectivity index (χ0) is 22.0. The molecule has 0 aromatic heterocycles. The number of halogens is 1. The monoisotopic (exact) mass is 421 g/mol. The van der Waals surface area contributed by atoms with Crippen molar-refractivity contribution in [1.29, 1.82) is 0 Å². The number of hydrogen-bond acceptors (Lipinski definition) is 4. The molecule has 0 saturated heterocycles. The number of carbonyl (C=O) groups is 2. The van der Waals surface area contributed by atoms with Crippen molar-refractivity contribution < 1.29 is 18.8 Å². The number of hydroxylamine groups is 1. The fourth-order valence-corrected chi connectivity index (χ4v) is 3.86. The second kappa shape index (κ2) is 8.73. The minimum Gasteiger partial charge on any atom is -0.324 e. The summed E-state index contributed by atoms with van der Waals surface area (Å²) in [5.41, 5.74) is 6.77. The molecule has 0 radical (unpaired) electrons. The van der Waals surface area contributed by atoms with E-state index in [1.54, 1.807) is 36.1 Å². The predicted octanol–water partition coefficient (Wildman–Crippen LogP) is 3.48. The summed E-state index contributed by atoms with van der Waals surface area (Å²) >= 11 is 0. The van der Waals surface area contributed by atoms with Crippen LogP contribution >= 0.6 is 0 Å². The first-order valence-electron chi connectivity index (χ1n) is 10.2. The maximum Gasteiger partial charge on any atom is 0.256 e. The standard InChI is InChI=1S/C24H24FN3O3/c1-15-5-8-20-17(12-15)9-10-28(24(30)18-4-3-11-31-26-14-18)22(20)23(29)27-19-7-6-16(2)21(25)13-19/h3-8,12-14,22,26H,9-11H2,1-2H3,(H,27,29)/t22-/m1/s1. The molecule has 31 heavy (non-hydrogen) atoms. The van der Waals surface area contributed by atoms with E-state index in [4.69, 9.17) is 4.84 Å². The highest BCUT2D eigenvalue weighted by atomic mass is 19.1. The van der Waals surface area contributed by atoms with Crippen molar-refractivity contribution in [3.05, 3.63) is 88.4 Å². The van der Waals surface area contributed by atoms with Gasteiger partial charge in [-0.3, -0.25) is 19.9 Å². The number of amides is 2. The van der Waals surface area contributed by atoms with Gasteiger partial charge in [0, 0.05) is 18.4 Å². The van der Waals surface area contributed by atoms with Gasteiger partial charge in [-0.1, -0.05) is 35.9 Å². The summed E-state index contributed by atoms with van der Waals surface area (Å²) < 4.78 is 14.0. The van der Waals surface area contributed by atoms with E-state index in [0.29, 0.717) is 36.4 Å². The Morgan fingerprint density at radius 3 is 2.84 bits per heavy atom. The molecule has 1 atom stereocenters. The maximum atomic E-state index is 14.0. The Kier molecular flexibility index (Phi) is 5.86. The van der Waals surface area contributed by atoms with E-state index in [1.807, 2.05) is 25.1 Å². The molecule has 0 fully saturated rings. The summed E-state index contributed by atoms with van der Waals surface area (Å²) in [7, 11) is 0. The highest BCUT2D eigenvalue weighted by molar-refractivity contribution is 6.03. The lowest BCUT2D eigenvalue weighted by atomic mass is 9.90. The summed E-state index contributed by atoms with van der Waals surface area (Å²) in [6.07, 6.45) is 5.54. The van der Waals surface area contributed by atoms with Crippen molar-refractivity contribution in [2.45, 2.75) is 26.3 Å². The van der Waals surface area contributed by atoms with Crippen LogP contribution in [0.2, 0.25) is 0 Å². The van der Waals surface area contributed by atoms with Gasteiger partial charge in [0.05, 0.1) is 12.2 Å². The van der Waals surface area contributed by atoms with E-state index in [2.05, 4.69) is 10.8 Å². The number of rotatable bonds is 3. The zero-order valence-corrected chi connectivity index (χ0v) is 17.4. The van der Waals surface area contributed by atoms with Crippen LogP contribution in [-0.4, -0.2) is 29.9 Å². The molecule has 4 rings (SSSR count). The molecule has 2 heterocycles. The lowest BCUT2D eigenvalue weighted by Crippen LogP contribution is -2.46. The second-order valence-corrected chi connectivity index (χ2v) is 7.74. The molecule has 2 N–H and O–H groups in total. The van der Waals surface area contributed by atoms with Crippen LogP contribution in [0.5, 0.6) is 0 Å². The van der Waals surface area contributed by atoms with Crippen LogP contribution in [0.3, 0.4) is 0 Å². The number of nitrogens with one attached hydrogen (secondary N) is 2. The molecular formula is C24H24FN3O3. The first kappa shape index (κ1) is 20.8. The molecule has 2 amide bonds. The molecule has 0 unspecified atom stereocenters. The molecule has 2 aromatic carbocycles. The zero-order valence-electron chi connectivity index (χ0n) is 17.4. The van der Waals surface area contributed by atoms with Crippen molar-refractivity contribution in [3.8, 4) is 0 Å². The molecule has 160 valence electrons. The van der Waals surface area contributed by atoms with Gasteiger partial charge in [0.2, 0.25) is 0 Å². The van der Waals surface area contributed by atoms with Gasteiger partial charge in [-0.05, 0) is 55.2 Å². The fourth-order valence-electron chi connectivity index (χ4n) is 3.86. The molecule has 2 aromatic rings. The van der Waals surface area contributed by atoms with Crippen molar-refractivity contribution in [2.24, 2.45) is 0 Å². The number of fused-ring (bicyclic) bond motifs is 1. The number of aryl methyl sites for hydroxylation is 2. The highest BCUT2D eigenvalue weighted by Gasteiger charge is 2.37. The van der Waals surface area contributed by atoms with Gasteiger partial charge in [-0.15, -0.1) is 0 Å². The Morgan fingerprint density at radius 2 is 2.03 bits per heavy atom. The number of nitrogens with zero attached hydrogens (tertiary/aromatic N) is 1. The number of benzene rings is 2. The number of carbonyl (C=O) groups excluding carboxylic acids is 2. The molecule has 7 heteroatoms. The van der Waals surface area contributed by atoms with Gasteiger partial charge in [0.25, 0.3) is 11.8 Å². The number of hydrogen-bond donors (Lipinski definition) is 2. The van der Waals surface area contributed by atoms with Gasteiger partial charge < -0.3 is 10.2 Å². The SMILES string of the molecule is Cc1ccc2c(c1)CCN(C(=O)C1=CNOCC=C1)[C@H]2C(=O)Nc1ccc(C)c(F)c1. The van der Waals surface area contributed by atoms with Gasteiger partial charge in [-0.25, -0.2) is 4.39 Å². The third-order valence-corrected chi connectivity index (χ3v) is 5.50. The van der Waals surface area contributed by atoms with Crippen LogP contribution in [0.4, 0.5) is 10.1 Å². The third-order valence-electron chi connectivity index (χ3n) is 5.50. The first-order chi connectivity index (χ1) is 14.9. The van der Waals surface area contributed by atoms with E-state index in [0.717, 1.165) is 16.7 Å². The van der Waals surface area contributed by atoms with Crippen LogP contribution < -0.4 is 10.8 Å². The van der Waals surface area contributed by atoms with E-state index in [9.17, 15) is 14.0 Å². The molecule has 0 aliphatic carbocycles. The molecule has 2 aliphatic rings. The van der Waals surface area contributed by atoms with Crippen LogP contribution in [-0.2, 0) is 20.8 Å². The van der Waals surface area contributed by atoms with Crippen molar-refractivity contribution >= 4 is 17.5 Å². The molecule has 0 bridgehead atoms. The highest BCUT2D eigenvalue weighted by Crippen LogP contribution is 2.33. The average Bonchev–Trinajstić information content (AvgIpc) is 3.04. The van der Waals surface area contributed by atoms with Crippen LogP contribution in [0, 0.1) is 19.7 Å². The van der Waals surface area contributed by atoms with Gasteiger partial charge in [-0.2, -0.15) is 0 Å². The average molecular weight is 421 g/mol. The van der Waals surface area contributed by atoms with E-state index in [-0.39, 0.29) is 11.8 Å². The Hall–Kier alpha value is -3.45. The van der Waals surface area contributed by atoms with Crippen molar-refractivity contribution in [2.75, 3.05) is 18.5 Å². The van der Waals surface area contributed by atoms with Gasteiger partial charge >= 0.3 is 0 Å². The van der Waals surface area contributed by atoms with Gasteiger partial charge in [0.1, 0.15) is 11.9 Å². The molecular weight excluding hydrogens is 397 g/mol. The third kappa shape index (κ3) is 4.36. The Bertz CT molecular complexity index is 1090.